The van der Waals surface area contributed by atoms with Crippen LogP contribution < -0.4 is 4.74 Å². The van der Waals surface area contributed by atoms with E-state index in [0.717, 1.165) is 12.2 Å². The van der Waals surface area contributed by atoms with Crippen LogP contribution >= 0.6 is 0 Å². The first-order valence-electron chi connectivity index (χ1n) is 8.94. The van der Waals surface area contributed by atoms with Gasteiger partial charge in [-0.05, 0) is 34.9 Å². The van der Waals surface area contributed by atoms with Gasteiger partial charge in [-0.15, -0.1) is 0 Å². The van der Waals surface area contributed by atoms with Crippen molar-refractivity contribution in [1.82, 2.24) is 0 Å². The topological polar surface area (TPSA) is 18.5 Å². The number of hydrogen-bond acceptors (Lipinski definition) is 2. The van der Waals surface area contributed by atoms with Crippen LogP contribution in [0.3, 0.4) is 0 Å². The quantitative estimate of drug-likeness (QED) is 0.546. The Morgan fingerprint density at radius 1 is 0.957 bits per heavy atom. The third kappa shape index (κ3) is 9.65. The molecule has 0 saturated carbocycles. The molecule has 1 rings (SSSR count). The Morgan fingerprint density at radius 3 is 1.78 bits per heavy atom. The van der Waals surface area contributed by atoms with Crippen molar-refractivity contribution in [2.75, 3.05) is 7.11 Å². The molecule has 1 aromatic rings. The van der Waals surface area contributed by atoms with Gasteiger partial charge in [0.2, 0.25) is 0 Å². The Morgan fingerprint density at radius 2 is 1.43 bits per heavy atom. The molecule has 0 N–H and O–H groups in total. The summed E-state index contributed by atoms with van der Waals surface area (Å²) in [6.07, 6.45) is 1.93. The van der Waals surface area contributed by atoms with E-state index in [-0.39, 0.29) is 11.7 Å². The molecule has 0 aromatic heterocycles. The average molecular weight is 323 g/mol. The molecule has 0 fully saturated rings. The maximum Gasteiger partial charge on any atom is 0.200 e. The summed E-state index contributed by atoms with van der Waals surface area (Å²) in [7, 11) is 1.70. The molecule has 0 radical (unpaired) electrons. The Kier molecular flexibility index (Phi) is 10.2. The first-order chi connectivity index (χ1) is 10.6. The zero-order valence-electron chi connectivity index (χ0n) is 16.8. The molecule has 2 unspecified atom stereocenters. The number of methoxy groups -OCH3 is 1. The Hall–Kier alpha value is -1.02. The second-order valence-corrected chi connectivity index (χ2v) is 7.86. The van der Waals surface area contributed by atoms with E-state index in [9.17, 15) is 0 Å². The lowest BCUT2D eigenvalue weighted by molar-refractivity contribution is -0.0756. The molecule has 23 heavy (non-hydrogen) atoms. The van der Waals surface area contributed by atoms with Crippen molar-refractivity contribution in [2.24, 2.45) is 11.3 Å². The van der Waals surface area contributed by atoms with Crippen LogP contribution in [0.1, 0.15) is 79.7 Å². The van der Waals surface area contributed by atoms with Crippen molar-refractivity contribution in [2.45, 2.75) is 80.4 Å². The highest BCUT2D eigenvalue weighted by atomic mass is 16.7. The van der Waals surface area contributed by atoms with Crippen LogP contribution in [0.2, 0.25) is 0 Å². The van der Waals surface area contributed by atoms with Crippen molar-refractivity contribution in [1.29, 1.82) is 0 Å². The zero-order valence-corrected chi connectivity index (χ0v) is 16.8. The zero-order chi connectivity index (χ0) is 18.0. The van der Waals surface area contributed by atoms with E-state index in [2.05, 4.69) is 67.5 Å². The van der Waals surface area contributed by atoms with Crippen LogP contribution in [0.25, 0.3) is 0 Å². The molecule has 1 aromatic carbocycles. The molecule has 0 aliphatic rings. The highest BCUT2D eigenvalue weighted by molar-refractivity contribution is 5.29. The highest BCUT2D eigenvalue weighted by Crippen LogP contribution is 2.27. The van der Waals surface area contributed by atoms with Crippen molar-refractivity contribution in [3.05, 3.63) is 29.8 Å². The molecular formula is C21H38O2. The summed E-state index contributed by atoms with van der Waals surface area (Å²) < 4.78 is 11.3. The Balaban J connectivity index is 0.00000149. The monoisotopic (exact) mass is 322 g/mol. The van der Waals surface area contributed by atoms with Crippen molar-refractivity contribution in [3.63, 3.8) is 0 Å². The molecule has 2 atom stereocenters. The van der Waals surface area contributed by atoms with Crippen LogP contribution in [0.5, 0.6) is 5.75 Å². The minimum Gasteiger partial charge on any atom is -0.465 e. The summed E-state index contributed by atoms with van der Waals surface area (Å²) >= 11 is 0. The summed E-state index contributed by atoms with van der Waals surface area (Å²) in [6, 6.07) is 8.40. The van der Waals surface area contributed by atoms with Gasteiger partial charge in [0, 0.05) is 13.5 Å². The van der Waals surface area contributed by atoms with E-state index >= 15 is 0 Å². The number of benzene rings is 1. The molecule has 0 saturated heterocycles. The van der Waals surface area contributed by atoms with Crippen LogP contribution in [0.15, 0.2) is 24.3 Å². The first kappa shape index (κ1) is 22.0. The first-order valence-corrected chi connectivity index (χ1v) is 8.94. The molecule has 0 amide bonds. The van der Waals surface area contributed by atoms with Gasteiger partial charge in [-0.25, -0.2) is 0 Å². The molecule has 134 valence electrons. The van der Waals surface area contributed by atoms with Gasteiger partial charge in [-0.1, -0.05) is 73.9 Å². The van der Waals surface area contributed by atoms with E-state index in [4.69, 9.17) is 9.47 Å². The fourth-order valence-corrected chi connectivity index (χ4v) is 2.06. The smallest absolute Gasteiger partial charge is 0.200 e. The van der Waals surface area contributed by atoms with Crippen LogP contribution in [-0.2, 0) is 4.74 Å². The summed E-state index contributed by atoms with van der Waals surface area (Å²) in [5.41, 5.74) is 1.55. The van der Waals surface area contributed by atoms with E-state index < -0.39 is 0 Å². The minimum atomic E-state index is -0.191. The van der Waals surface area contributed by atoms with Gasteiger partial charge in [0.05, 0.1) is 0 Å². The Labute approximate surface area is 144 Å². The molecule has 0 aliphatic carbocycles. The van der Waals surface area contributed by atoms with Crippen LogP contribution in [-0.4, -0.2) is 13.4 Å². The molecule has 2 nitrogen and oxygen atoms in total. The van der Waals surface area contributed by atoms with Crippen molar-refractivity contribution < 1.29 is 9.47 Å². The third-order valence-corrected chi connectivity index (χ3v) is 3.72. The van der Waals surface area contributed by atoms with E-state index in [1.807, 2.05) is 12.1 Å². The lowest BCUT2D eigenvalue weighted by Gasteiger charge is -2.25. The normalized spacial score (nSPS) is 14.0. The van der Waals surface area contributed by atoms with Gasteiger partial charge in [0.25, 0.3) is 0 Å². The SMILES string of the molecule is CCC.COC(CC(C)(C)C)Oc1ccc(C(C)C(C)C)cc1. The lowest BCUT2D eigenvalue weighted by Crippen LogP contribution is -2.25. The average Bonchev–Trinajstić information content (AvgIpc) is 2.46. The van der Waals surface area contributed by atoms with Crippen molar-refractivity contribution >= 4 is 0 Å². The van der Waals surface area contributed by atoms with Crippen molar-refractivity contribution in [3.8, 4) is 5.75 Å². The molecule has 0 aliphatic heterocycles. The fourth-order valence-electron chi connectivity index (χ4n) is 2.06. The molecule has 0 heterocycles. The molecule has 2 heteroatoms. The second kappa shape index (κ2) is 10.7. The number of hydrogen-bond donors (Lipinski definition) is 0. The fraction of sp³-hybridized carbons (Fsp3) is 0.714. The van der Waals surface area contributed by atoms with E-state index in [1.54, 1.807) is 7.11 Å². The number of ether oxygens (including phenoxy) is 2. The van der Waals surface area contributed by atoms with Gasteiger partial charge in [0.1, 0.15) is 5.75 Å². The molecule has 0 bridgehead atoms. The van der Waals surface area contributed by atoms with Gasteiger partial charge in [-0.3, -0.25) is 0 Å². The van der Waals surface area contributed by atoms with Gasteiger partial charge in [-0.2, -0.15) is 0 Å². The maximum absolute atomic E-state index is 5.91. The second-order valence-electron chi connectivity index (χ2n) is 7.86. The number of rotatable bonds is 6. The summed E-state index contributed by atoms with van der Waals surface area (Å²) in [4.78, 5) is 0. The molecular weight excluding hydrogens is 284 g/mol. The van der Waals surface area contributed by atoms with E-state index in [1.165, 1.54) is 12.0 Å². The molecule has 0 spiro atoms. The predicted molar refractivity (Wildman–Crippen MR) is 101 cm³/mol. The van der Waals surface area contributed by atoms with Crippen LogP contribution in [0, 0.1) is 11.3 Å². The third-order valence-electron chi connectivity index (χ3n) is 3.72. The van der Waals surface area contributed by atoms with Gasteiger partial charge >= 0.3 is 0 Å². The highest BCUT2D eigenvalue weighted by Gasteiger charge is 2.20. The summed E-state index contributed by atoms with van der Waals surface area (Å²) in [5, 5.41) is 0. The largest absolute Gasteiger partial charge is 0.465 e. The van der Waals surface area contributed by atoms with Crippen LogP contribution in [0.4, 0.5) is 0 Å². The summed E-state index contributed by atoms with van der Waals surface area (Å²) in [6.45, 7) is 17.6. The lowest BCUT2D eigenvalue weighted by atomic mass is 9.90. The standard InChI is InChI=1S/C18H30O2.C3H8/c1-13(2)14(3)15-8-10-16(11-9-15)20-17(19-7)12-18(4,5)6;1-3-2/h8-11,13-14,17H,12H2,1-7H3;3H2,1-2H3. The van der Waals surface area contributed by atoms with Gasteiger partial charge < -0.3 is 9.47 Å². The van der Waals surface area contributed by atoms with E-state index in [0.29, 0.717) is 11.8 Å². The predicted octanol–water partition coefficient (Wildman–Crippen LogP) is 6.65. The Bertz CT molecular complexity index is 401. The maximum atomic E-state index is 5.91. The minimum absolute atomic E-state index is 0.187. The summed E-state index contributed by atoms with van der Waals surface area (Å²) in [5.74, 6) is 2.09. The van der Waals surface area contributed by atoms with Gasteiger partial charge in [0.15, 0.2) is 6.29 Å².